The highest BCUT2D eigenvalue weighted by Gasteiger charge is 2.18. The van der Waals surface area contributed by atoms with E-state index in [9.17, 15) is 4.79 Å². The monoisotopic (exact) mass is 499 g/mol. The Balaban J connectivity index is 1.10. The number of rotatable bonds is 8. The molecule has 0 saturated carbocycles. The number of para-hydroxylation sites is 1. The third-order valence-corrected chi connectivity index (χ3v) is 7.17. The molecule has 184 valence electrons. The van der Waals surface area contributed by atoms with E-state index in [4.69, 9.17) is 0 Å². The van der Waals surface area contributed by atoms with E-state index in [0.717, 1.165) is 49.7 Å². The summed E-state index contributed by atoms with van der Waals surface area (Å²) < 4.78 is 1.67. The first-order chi connectivity index (χ1) is 17.7. The number of hydrogen-bond donors (Lipinski definition) is 1. The van der Waals surface area contributed by atoms with Crippen molar-refractivity contribution in [3.8, 4) is 5.69 Å². The van der Waals surface area contributed by atoms with Gasteiger partial charge in [-0.1, -0.05) is 60.3 Å². The Bertz CT molecular complexity index is 1280. The van der Waals surface area contributed by atoms with Crippen molar-refractivity contribution in [2.24, 2.45) is 0 Å². The average molecular weight is 500 g/mol. The first kappa shape index (κ1) is 24.0. The van der Waals surface area contributed by atoms with Crippen LogP contribution in [0.3, 0.4) is 0 Å². The lowest BCUT2D eigenvalue weighted by atomic mass is 10.2. The Morgan fingerprint density at radius 2 is 1.64 bits per heavy atom. The van der Waals surface area contributed by atoms with E-state index in [1.54, 1.807) is 4.68 Å². The van der Waals surface area contributed by atoms with Crippen molar-refractivity contribution in [3.63, 3.8) is 0 Å². The summed E-state index contributed by atoms with van der Waals surface area (Å²) in [6, 6.07) is 26.6. The molecule has 1 amide bonds. The fourth-order valence-corrected chi connectivity index (χ4v) is 4.99. The molecule has 4 aromatic rings. The molecule has 0 bridgehead atoms. The Hall–Kier alpha value is -3.69. The summed E-state index contributed by atoms with van der Waals surface area (Å²) in [7, 11) is 0. The number of carbonyl (C=O) groups is 1. The summed E-state index contributed by atoms with van der Waals surface area (Å²) in [5, 5.41) is 15.5. The van der Waals surface area contributed by atoms with Gasteiger partial charge in [0.25, 0.3) is 0 Å². The number of aromatic nitrogens is 4. The molecule has 0 aliphatic carbocycles. The highest BCUT2D eigenvalue weighted by atomic mass is 32.2. The maximum absolute atomic E-state index is 12.6. The van der Waals surface area contributed by atoms with Crippen molar-refractivity contribution in [3.05, 3.63) is 90.0 Å². The van der Waals surface area contributed by atoms with Crippen molar-refractivity contribution < 1.29 is 4.79 Å². The summed E-state index contributed by atoms with van der Waals surface area (Å²) in [5.74, 6) is 0.124. The molecule has 1 aliphatic rings. The van der Waals surface area contributed by atoms with Crippen LogP contribution < -0.4 is 10.2 Å². The van der Waals surface area contributed by atoms with Gasteiger partial charge in [0.1, 0.15) is 0 Å². The molecule has 1 aromatic heterocycles. The van der Waals surface area contributed by atoms with Gasteiger partial charge in [-0.2, -0.15) is 4.68 Å². The van der Waals surface area contributed by atoms with Gasteiger partial charge in [-0.05, 0) is 58.8 Å². The number of thioether (sulfide) groups is 1. The van der Waals surface area contributed by atoms with Gasteiger partial charge in [0, 0.05) is 44.1 Å². The zero-order valence-electron chi connectivity index (χ0n) is 20.2. The molecule has 2 heterocycles. The summed E-state index contributed by atoms with van der Waals surface area (Å²) >= 11 is 1.31. The maximum atomic E-state index is 12.6. The quantitative estimate of drug-likeness (QED) is 0.367. The molecule has 36 heavy (non-hydrogen) atoms. The number of aryl methyl sites for hydroxylation is 1. The van der Waals surface area contributed by atoms with Crippen molar-refractivity contribution in [1.29, 1.82) is 0 Å². The lowest BCUT2D eigenvalue weighted by molar-refractivity contribution is -0.113. The van der Waals surface area contributed by atoms with Gasteiger partial charge in [0.15, 0.2) is 0 Å². The standard InChI is InChI=1S/C27H29N7OS/c1-21-7-5-6-10-25(21)34-27(29-30-31-34)36-20-26(35)28-23-11-13-24(14-12-23)33-17-15-32(16-18-33)19-22-8-3-2-4-9-22/h2-14H,15-20H2,1H3,(H,28,35). The number of amides is 1. The molecular weight excluding hydrogens is 470 g/mol. The van der Waals surface area contributed by atoms with Crippen LogP contribution in [0.15, 0.2) is 84.0 Å². The molecule has 1 saturated heterocycles. The molecule has 0 atom stereocenters. The Morgan fingerprint density at radius 3 is 2.39 bits per heavy atom. The smallest absolute Gasteiger partial charge is 0.234 e. The van der Waals surface area contributed by atoms with Gasteiger partial charge in [0.2, 0.25) is 11.1 Å². The molecular formula is C27H29N7OS. The van der Waals surface area contributed by atoms with Gasteiger partial charge in [0.05, 0.1) is 11.4 Å². The van der Waals surface area contributed by atoms with Gasteiger partial charge in [-0.25, -0.2) is 0 Å². The maximum Gasteiger partial charge on any atom is 0.234 e. The summed E-state index contributed by atoms with van der Waals surface area (Å²) in [5.41, 5.74) is 5.29. The predicted molar refractivity (Wildman–Crippen MR) is 144 cm³/mol. The third kappa shape index (κ3) is 5.92. The van der Waals surface area contributed by atoms with Gasteiger partial charge < -0.3 is 10.2 Å². The summed E-state index contributed by atoms with van der Waals surface area (Å²) in [6.07, 6.45) is 0. The van der Waals surface area contributed by atoms with E-state index < -0.39 is 0 Å². The number of anilines is 2. The zero-order valence-corrected chi connectivity index (χ0v) is 21.1. The first-order valence-electron chi connectivity index (χ1n) is 12.0. The number of carbonyl (C=O) groups excluding carboxylic acids is 1. The minimum Gasteiger partial charge on any atom is -0.369 e. The van der Waals surface area contributed by atoms with Crippen LogP contribution in [0, 0.1) is 6.92 Å². The van der Waals surface area contributed by atoms with Crippen LogP contribution in [-0.2, 0) is 11.3 Å². The van der Waals surface area contributed by atoms with Crippen LogP contribution >= 0.6 is 11.8 Å². The molecule has 1 aliphatic heterocycles. The lowest BCUT2D eigenvalue weighted by Gasteiger charge is -2.36. The van der Waals surface area contributed by atoms with Crippen molar-refractivity contribution in [2.75, 3.05) is 42.1 Å². The molecule has 0 radical (unpaired) electrons. The van der Waals surface area contributed by atoms with Crippen molar-refractivity contribution in [2.45, 2.75) is 18.6 Å². The summed E-state index contributed by atoms with van der Waals surface area (Å²) in [4.78, 5) is 17.5. The Kier molecular flexibility index (Phi) is 7.58. The van der Waals surface area contributed by atoms with Crippen LogP contribution in [0.1, 0.15) is 11.1 Å². The number of nitrogens with one attached hydrogen (secondary N) is 1. The van der Waals surface area contributed by atoms with Crippen molar-refractivity contribution >= 4 is 29.0 Å². The number of piperazine rings is 1. The topological polar surface area (TPSA) is 79.2 Å². The van der Waals surface area contributed by atoms with Gasteiger partial charge >= 0.3 is 0 Å². The van der Waals surface area contributed by atoms with Crippen LogP contribution in [0.25, 0.3) is 5.69 Å². The SMILES string of the molecule is Cc1ccccc1-n1nnnc1SCC(=O)Nc1ccc(N2CCN(Cc3ccccc3)CC2)cc1. The first-order valence-corrected chi connectivity index (χ1v) is 13.0. The molecule has 0 spiro atoms. The molecule has 3 aromatic carbocycles. The molecule has 5 rings (SSSR count). The molecule has 1 fully saturated rings. The highest BCUT2D eigenvalue weighted by Crippen LogP contribution is 2.22. The van der Waals surface area contributed by atoms with E-state index in [0.29, 0.717) is 5.16 Å². The molecule has 0 unspecified atom stereocenters. The van der Waals surface area contributed by atoms with E-state index in [2.05, 4.69) is 73.1 Å². The minimum absolute atomic E-state index is 0.0957. The number of nitrogens with zero attached hydrogens (tertiary/aromatic N) is 6. The second-order valence-electron chi connectivity index (χ2n) is 8.79. The van der Waals surface area contributed by atoms with Crippen LogP contribution in [0.5, 0.6) is 0 Å². The fraction of sp³-hybridized carbons (Fsp3) is 0.259. The van der Waals surface area contributed by atoms with E-state index >= 15 is 0 Å². The fourth-order valence-electron chi connectivity index (χ4n) is 4.31. The zero-order chi connectivity index (χ0) is 24.7. The Labute approximate surface area is 215 Å². The number of tetrazole rings is 1. The van der Waals surface area contributed by atoms with Gasteiger partial charge in [-0.3, -0.25) is 9.69 Å². The normalized spacial score (nSPS) is 14.1. The largest absolute Gasteiger partial charge is 0.369 e. The van der Waals surface area contributed by atoms with Crippen LogP contribution in [0.4, 0.5) is 11.4 Å². The third-order valence-electron chi connectivity index (χ3n) is 6.25. The number of benzene rings is 3. The van der Waals surface area contributed by atoms with Gasteiger partial charge in [-0.15, -0.1) is 5.10 Å². The van der Waals surface area contributed by atoms with E-state index in [1.165, 1.54) is 23.0 Å². The molecule has 8 nitrogen and oxygen atoms in total. The predicted octanol–water partition coefficient (Wildman–Crippen LogP) is 4.02. The van der Waals surface area contributed by atoms with Crippen LogP contribution in [0.2, 0.25) is 0 Å². The molecule has 1 N–H and O–H groups in total. The second kappa shape index (κ2) is 11.4. The number of hydrogen-bond acceptors (Lipinski definition) is 7. The lowest BCUT2D eigenvalue weighted by Crippen LogP contribution is -2.45. The summed E-state index contributed by atoms with van der Waals surface area (Å²) in [6.45, 7) is 7.05. The average Bonchev–Trinajstić information content (AvgIpc) is 3.38. The van der Waals surface area contributed by atoms with Crippen molar-refractivity contribution in [1.82, 2.24) is 25.1 Å². The van der Waals surface area contributed by atoms with E-state index in [1.807, 2.05) is 43.3 Å². The van der Waals surface area contributed by atoms with E-state index in [-0.39, 0.29) is 11.7 Å². The molecule has 9 heteroatoms. The Morgan fingerprint density at radius 1 is 0.917 bits per heavy atom. The minimum atomic E-state index is -0.0957. The highest BCUT2D eigenvalue weighted by molar-refractivity contribution is 7.99. The second-order valence-corrected chi connectivity index (χ2v) is 9.73. The van der Waals surface area contributed by atoms with Crippen LogP contribution in [-0.4, -0.2) is 62.9 Å².